The van der Waals surface area contributed by atoms with Crippen molar-refractivity contribution < 1.29 is 5.11 Å². The van der Waals surface area contributed by atoms with Crippen LogP contribution in [-0.4, -0.2) is 48.8 Å². The highest BCUT2D eigenvalue weighted by Gasteiger charge is 2.39. The number of rotatable bonds is 9. The molecule has 3 nitrogen and oxygen atoms in total. The van der Waals surface area contributed by atoms with Crippen LogP contribution in [-0.2, 0) is 0 Å². The van der Waals surface area contributed by atoms with Crippen LogP contribution in [0.2, 0.25) is 0 Å². The molecule has 0 aromatic carbocycles. The highest BCUT2D eigenvalue weighted by molar-refractivity contribution is 4.93. The van der Waals surface area contributed by atoms with Crippen LogP contribution < -0.4 is 5.32 Å². The SMILES string of the molecule is CCN(CC)CC(O)CNCC1(CC)CC1. The largest absolute Gasteiger partial charge is 0.390 e. The Morgan fingerprint density at radius 3 is 2.31 bits per heavy atom. The maximum absolute atomic E-state index is 9.87. The number of nitrogens with zero attached hydrogens (tertiary/aromatic N) is 1. The third-order valence-corrected chi connectivity index (χ3v) is 3.95. The number of aliphatic hydroxyl groups excluding tert-OH is 1. The number of nitrogens with one attached hydrogen (secondary N) is 1. The van der Waals surface area contributed by atoms with Crippen molar-refractivity contribution in [2.75, 3.05) is 32.7 Å². The van der Waals surface area contributed by atoms with Crippen LogP contribution >= 0.6 is 0 Å². The summed E-state index contributed by atoms with van der Waals surface area (Å²) in [5, 5.41) is 13.3. The molecular weight excluding hydrogens is 200 g/mol. The van der Waals surface area contributed by atoms with E-state index in [0.29, 0.717) is 5.41 Å². The Morgan fingerprint density at radius 2 is 1.88 bits per heavy atom. The lowest BCUT2D eigenvalue weighted by Gasteiger charge is -2.23. The molecule has 0 amide bonds. The van der Waals surface area contributed by atoms with Gasteiger partial charge in [-0.2, -0.15) is 0 Å². The predicted octanol–water partition coefficient (Wildman–Crippen LogP) is 1.47. The Kier molecular flexibility index (Phi) is 5.73. The maximum atomic E-state index is 9.87. The number of hydrogen-bond acceptors (Lipinski definition) is 3. The van der Waals surface area contributed by atoms with Gasteiger partial charge in [0.05, 0.1) is 6.10 Å². The van der Waals surface area contributed by atoms with Crippen molar-refractivity contribution >= 4 is 0 Å². The summed E-state index contributed by atoms with van der Waals surface area (Å²) in [6.07, 6.45) is 3.77. The molecule has 3 heteroatoms. The molecule has 0 aromatic rings. The highest BCUT2D eigenvalue weighted by atomic mass is 16.3. The fourth-order valence-electron chi connectivity index (χ4n) is 2.18. The van der Waals surface area contributed by atoms with Crippen LogP contribution in [0.15, 0.2) is 0 Å². The molecule has 0 saturated heterocycles. The molecule has 0 bridgehead atoms. The standard InChI is InChI=1S/C13H28N2O/c1-4-13(7-8-13)11-14-9-12(16)10-15(5-2)6-3/h12,14,16H,4-11H2,1-3H3. The topological polar surface area (TPSA) is 35.5 Å². The van der Waals surface area contributed by atoms with Crippen molar-refractivity contribution in [2.45, 2.75) is 46.1 Å². The van der Waals surface area contributed by atoms with Crippen molar-refractivity contribution in [3.8, 4) is 0 Å². The van der Waals surface area contributed by atoms with E-state index in [4.69, 9.17) is 0 Å². The van der Waals surface area contributed by atoms with E-state index in [-0.39, 0.29) is 6.10 Å². The van der Waals surface area contributed by atoms with Gasteiger partial charge in [0.15, 0.2) is 0 Å². The van der Waals surface area contributed by atoms with Crippen LogP contribution in [0.5, 0.6) is 0 Å². The Morgan fingerprint density at radius 1 is 1.25 bits per heavy atom. The molecule has 1 rings (SSSR count). The lowest BCUT2D eigenvalue weighted by molar-refractivity contribution is 0.115. The van der Waals surface area contributed by atoms with Crippen LogP contribution in [0.4, 0.5) is 0 Å². The molecule has 16 heavy (non-hydrogen) atoms. The Balaban J connectivity index is 2.08. The second-order valence-electron chi connectivity index (χ2n) is 5.12. The molecule has 96 valence electrons. The van der Waals surface area contributed by atoms with Gasteiger partial charge in [0.2, 0.25) is 0 Å². The first-order valence-corrected chi connectivity index (χ1v) is 6.77. The average molecular weight is 228 g/mol. The number of aliphatic hydroxyl groups is 1. The third kappa shape index (κ3) is 4.40. The third-order valence-electron chi connectivity index (χ3n) is 3.95. The van der Waals surface area contributed by atoms with E-state index in [1.165, 1.54) is 19.3 Å². The summed E-state index contributed by atoms with van der Waals surface area (Å²) in [6, 6.07) is 0. The zero-order chi connectivity index (χ0) is 12.0. The first-order valence-electron chi connectivity index (χ1n) is 6.77. The van der Waals surface area contributed by atoms with Gasteiger partial charge in [-0.3, -0.25) is 0 Å². The minimum absolute atomic E-state index is 0.229. The number of hydrogen-bond donors (Lipinski definition) is 2. The first kappa shape index (κ1) is 13.9. The van der Waals surface area contributed by atoms with Crippen molar-refractivity contribution in [3.05, 3.63) is 0 Å². The zero-order valence-electron chi connectivity index (χ0n) is 11.1. The maximum Gasteiger partial charge on any atom is 0.0791 e. The Labute approximate surface area is 100 Å². The van der Waals surface area contributed by atoms with Gasteiger partial charge in [-0.05, 0) is 37.8 Å². The van der Waals surface area contributed by atoms with Gasteiger partial charge in [-0.25, -0.2) is 0 Å². The van der Waals surface area contributed by atoms with Gasteiger partial charge in [-0.15, -0.1) is 0 Å². The summed E-state index contributed by atoms with van der Waals surface area (Å²) in [7, 11) is 0. The first-order chi connectivity index (χ1) is 7.65. The van der Waals surface area contributed by atoms with Gasteiger partial charge in [-0.1, -0.05) is 20.8 Å². The molecule has 2 N–H and O–H groups in total. The molecule has 0 aliphatic heterocycles. The minimum Gasteiger partial charge on any atom is -0.390 e. The van der Waals surface area contributed by atoms with E-state index >= 15 is 0 Å². The fourth-order valence-corrected chi connectivity index (χ4v) is 2.18. The summed E-state index contributed by atoms with van der Waals surface area (Å²) >= 11 is 0. The predicted molar refractivity (Wildman–Crippen MR) is 68.6 cm³/mol. The second kappa shape index (κ2) is 6.58. The van der Waals surface area contributed by atoms with E-state index in [1.54, 1.807) is 0 Å². The Hall–Kier alpha value is -0.120. The van der Waals surface area contributed by atoms with Crippen LogP contribution in [0.3, 0.4) is 0 Å². The molecule has 0 heterocycles. The molecule has 1 aliphatic rings. The summed E-state index contributed by atoms with van der Waals surface area (Å²) in [5.41, 5.74) is 0.578. The van der Waals surface area contributed by atoms with Gasteiger partial charge in [0.1, 0.15) is 0 Å². The summed E-state index contributed by atoms with van der Waals surface area (Å²) in [4.78, 5) is 2.26. The molecule has 0 aromatic heterocycles. The van der Waals surface area contributed by atoms with E-state index in [1.807, 2.05) is 0 Å². The van der Waals surface area contributed by atoms with Crippen molar-refractivity contribution in [1.29, 1.82) is 0 Å². The molecule has 0 spiro atoms. The molecule has 1 aliphatic carbocycles. The highest BCUT2D eigenvalue weighted by Crippen LogP contribution is 2.47. The summed E-state index contributed by atoms with van der Waals surface area (Å²) < 4.78 is 0. The van der Waals surface area contributed by atoms with E-state index in [2.05, 4.69) is 31.0 Å². The normalized spacial score (nSPS) is 20.1. The van der Waals surface area contributed by atoms with E-state index in [0.717, 1.165) is 32.7 Å². The van der Waals surface area contributed by atoms with Crippen LogP contribution in [0, 0.1) is 5.41 Å². The van der Waals surface area contributed by atoms with Gasteiger partial charge < -0.3 is 15.3 Å². The van der Waals surface area contributed by atoms with Crippen molar-refractivity contribution in [3.63, 3.8) is 0 Å². The summed E-state index contributed by atoms with van der Waals surface area (Å²) in [6.45, 7) is 11.2. The van der Waals surface area contributed by atoms with Crippen LogP contribution in [0.25, 0.3) is 0 Å². The van der Waals surface area contributed by atoms with Gasteiger partial charge in [0, 0.05) is 19.6 Å². The zero-order valence-corrected chi connectivity index (χ0v) is 11.1. The molecular formula is C13H28N2O. The monoisotopic (exact) mass is 228 g/mol. The Bertz CT molecular complexity index is 188. The molecule has 1 fully saturated rings. The van der Waals surface area contributed by atoms with Gasteiger partial charge in [0.25, 0.3) is 0 Å². The molecule has 1 atom stereocenters. The second-order valence-corrected chi connectivity index (χ2v) is 5.12. The van der Waals surface area contributed by atoms with Crippen LogP contribution in [0.1, 0.15) is 40.0 Å². The average Bonchev–Trinajstić information content (AvgIpc) is 3.06. The smallest absolute Gasteiger partial charge is 0.0791 e. The fraction of sp³-hybridized carbons (Fsp3) is 1.00. The van der Waals surface area contributed by atoms with Gasteiger partial charge >= 0.3 is 0 Å². The molecule has 0 radical (unpaired) electrons. The minimum atomic E-state index is -0.229. The van der Waals surface area contributed by atoms with Crippen molar-refractivity contribution in [2.24, 2.45) is 5.41 Å². The molecule has 1 saturated carbocycles. The lowest BCUT2D eigenvalue weighted by Crippen LogP contribution is -2.39. The quantitative estimate of drug-likeness (QED) is 0.627. The molecule has 1 unspecified atom stereocenters. The van der Waals surface area contributed by atoms with Crippen molar-refractivity contribution in [1.82, 2.24) is 10.2 Å². The van der Waals surface area contributed by atoms with E-state index in [9.17, 15) is 5.11 Å². The van der Waals surface area contributed by atoms with E-state index < -0.39 is 0 Å². The summed E-state index contributed by atoms with van der Waals surface area (Å²) in [5.74, 6) is 0. The number of likely N-dealkylation sites (N-methyl/N-ethyl adjacent to an activating group) is 1. The lowest BCUT2D eigenvalue weighted by atomic mass is 10.0.